The van der Waals surface area contributed by atoms with Crippen LogP contribution in [0.1, 0.15) is 46.0 Å². The van der Waals surface area contributed by atoms with E-state index in [2.05, 4.69) is 19.6 Å². The molecule has 0 radical (unpaired) electrons. The van der Waals surface area contributed by atoms with E-state index in [9.17, 15) is 0 Å². The van der Waals surface area contributed by atoms with E-state index in [-0.39, 0.29) is 0 Å². The molecule has 0 atom stereocenters. The van der Waals surface area contributed by atoms with Gasteiger partial charge in [0.05, 0.1) is 0 Å². The summed E-state index contributed by atoms with van der Waals surface area (Å²) in [5.74, 6) is 2.09. The van der Waals surface area contributed by atoms with Crippen LogP contribution in [0.5, 0.6) is 0 Å². The van der Waals surface area contributed by atoms with E-state index in [1.165, 1.54) is 39.2 Å². The highest BCUT2D eigenvalue weighted by Crippen LogP contribution is 2.29. The van der Waals surface area contributed by atoms with E-state index in [4.69, 9.17) is 0 Å². The number of rotatable bonds is 1. The topological polar surface area (TPSA) is 26.0 Å². The van der Waals surface area contributed by atoms with E-state index in [0.717, 1.165) is 11.8 Å². The zero-order valence-corrected chi connectivity index (χ0v) is 8.27. The van der Waals surface area contributed by atoms with Crippen LogP contribution in [-0.2, 0) is 0 Å². The highest BCUT2D eigenvalue weighted by atomic mass is 14.4. The lowest BCUT2D eigenvalue weighted by Gasteiger charge is -2.24. The van der Waals surface area contributed by atoms with Crippen molar-refractivity contribution in [2.75, 3.05) is 7.05 Å². The highest BCUT2D eigenvalue weighted by Gasteiger charge is 2.15. The summed E-state index contributed by atoms with van der Waals surface area (Å²) in [5.41, 5.74) is 4.50. The lowest BCUT2D eigenvalue weighted by Crippen LogP contribution is -2.10. The molecule has 0 aromatic rings. The summed E-state index contributed by atoms with van der Waals surface area (Å²) < 4.78 is 0. The van der Waals surface area contributed by atoms with Crippen LogP contribution in [0.15, 0.2) is 0 Å². The Hall–Kier alpha value is -0.0400. The SMILES string of the molecule is CCC1CCC(C)CC1.CN. The Morgan fingerprint density at radius 3 is 1.91 bits per heavy atom. The second kappa shape index (κ2) is 6.66. The first-order valence-electron chi connectivity index (χ1n) is 4.90. The average molecular weight is 157 g/mol. The van der Waals surface area contributed by atoms with E-state index in [1.54, 1.807) is 0 Å². The van der Waals surface area contributed by atoms with E-state index in [0.29, 0.717) is 0 Å². The zero-order valence-electron chi connectivity index (χ0n) is 8.27. The van der Waals surface area contributed by atoms with Gasteiger partial charge in [0.2, 0.25) is 0 Å². The molecule has 0 unspecified atom stereocenters. The first kappa shape index (κ1) is 11.0. The van der Waals surface area contributed by atoms with E-state index >= 15 is 0 Å². The molecule has 2 N–H and O–H groups in total. The fraction of sp³-hybridized carbons (Fsp3) is 1.00. The van der Waals surface area contributed by atoms with Crippen molar-refractivity contribution in [3.05, 3.63) is 0 Å². The van der Waals surface area contributed by atoms with Gasteiger partial charge in [0.15, 0.2) is 0 Å². The largest absolute Gasteiger partial charge is 0.333 e. The number of hydrogen-bond donors (Lipinski definition) is 1. The molecule has 1 nitrogen and oxygen atoms in total. The van der Waals surface area contributed by atoms with Gasteiger partial charge in [-0.05, 0) is 18.9 Å². The fourth-order valence-corrected chi connectivity index (χ4v) is 1.74. The molecule has 0 aromatic carbocycles. The van der Waals surface area contributed by atoms with E-state index < -0.39 is 0 Å². The number of hydrogen-bond acceptors (Lipinski definition) is 1. The van der Waals surface area contributed by atoms with Gasteiger partial charge in [-0.15, -0.1) is 0 Å². The van der Waals surface area contributed by atoms with Crippen molar-refractivity contribution in [1.82, 2.24) is 0 Å². The van der Waals surface area contributed by atoms with Gasteiger partial charge < -0.3 is 5.73 Å². The second-order valence-corrected chi connectivity index (χ2v) is 3.53. The molecule has 1 fully saturated rings. The summed E-state index contributed by atoms with van der Waals surface area (Å²) in [4.78, 5) is 0. The van der Waals surface area contributed by atoms with Gasteiger partial charge >= 0.3 is 0 Å². The highest BCUT2D eigenvalue weighted by molar-refractivity contribution is 4.68. The lowest BCUT2D eigenvalue weighted by atomic mass is 9.82. The summed E-state index contributed by atoms with van der Waals surface area (Å²) in [5, 5.41) is 0. The Balaban J connectivity index is 0.000000461. The maximum atomic E-state index is 4.50. The zero-order chi connectivity index (χ0) is 8.69. The van der Waals surface area contributed by atoms with Crippen LogP contribution in [0.4, 0.5) is 0 Å². The van der Waals surface area contributed by atoms with E-state index in [1.807, 2.05) is 0 Å². The fourth-order valence-electron chi connectivity index (χ4n) is 1.74. The van der Waals surface area contributed by atoms with Gasteiger partial charge in [0.1, 0.15) is 0 Å². The Bertz CT molecular complexity index is 72.9. The van der Waals surface area contributed by atoms with Crippen LogP contribution in [0.2, 0.25) is 0 Å². The Labute approximate surface area is 71.4 Å². The van der Waals surface area contributed by atoms with Gasteiger partial charge in [-0.3, -0.25) is 0 Å². The minimum Gasteiger partial charge on any atom is -0.333 e. The van der Waals surface area contributed by atoms with Crippen LogP contribution in [-0.4, -0.2) is 7.05 Å². The molecule has 0 spiro atoms. The molecule has 1 aliphatic carbocycles. The normalized spacial score (nSPS) is 30.5. The third kappa shape index (κ3) is 4.41. The Morgan fingerprint density at radius 1 is 1.09 bits per heavy atom. The van der Waals surface area contributed by atoms with Crippen molar-refractivity contribution in [1.29, 1.82) is 0 Å². The molecule has 11 heavy (non-hydrogen) atoms. The van der Waals surface area contributed by atoms with Crippen molar-refractivity contribution in [2.24, 2.45) is 17.6 Å². The number of nitrogens with two attached hydrogens (primary N) is 1. The summed E-state index contributed by atoms with van der Waals surface area (Å²) in [6, 6.07) is 0. The maximum absolute atomic E-state index is 4.50. The predicted octanol–water partition coefficient (Wildman–Crippen LogP) is 2.80. The minimum atomic E-state index is 1.02. The first-order chi connectivity index (χ1) is 5.33. The first-order valence-corrected chi connectivity index (χ1v) is 4.90. The monoisotopic (exact) mass is 157 g/mol. The van der Waals surface area contributed by atoms with Crippen molar-refractivity contribution >= 4 is 0 Å². The van der Waals surface area contributed by atoms with Crippen LogP contribution in [0.3, 0.4) is 0 Å². The molecule has 1 aliphatic rings. The van der Waals surface area contributed by atoms with Crippen LogP contribution in [0, 0.1) is 11.8 Å². The van der Waals surface area contributed by atoms with Crippen LogP contribution < -0.4 is 5.73 Å². The van der Waals surface area contributed by atoms with Crippen LogP contribution >= 0.6 is 0 Å². The van der Waals surface area contributed by atoms with Gasteiger partial charge in [0.25, 0.3) is 0 Å². The van der Waals surface area contributed by atoms with Crippen molar-refractivity contribution < 1.29 is 0 Å². The Kier molecular flexibility index (Phi) is 6.63. The molecule has 1 heteroatoms. The maximum Gasteiger partial charge on any atom is -0.0195 e. The minimum absolute atomic E-state index is 1.02. The second-order valence-electron chi connectivity index (χ2n) is 3.53. The molecule has 0 heterocycles. The smallest absolute Gasteiger partial charge is 0.0195 e. The summed E-state index contributed by atoms with van der Waals surface area (Å²) in [6.07, 6.45) is 7.37. The molecule has 0 amide bonds. The van der Waals surface area contributed by atoms with Gasteiger partial charge in [-0.25, -0.2) is 0 Å². The van der Waals surface area contributed by atoms with Crippen molar-refractivity contribution in [3.8, 4) is 0 Å². The Morgan fingerprint density at radius 2 is 1.55 bits per heavy atom. The summed E-state index contributed by atoms with van der Waals surface area (Å²) in [6.45, 7) is 4.70. The molecular formula is C10H23N. The van der Waals surface area contributed by atoms with Gasteiger partial charge in [-0.1, -0.05) is 46.0 Å². The molecule has 68 valence electrons. The molecule has 1 saturated carbocycles. The molecule has 0 bridgehead atoms. The molecule has 0 saturated heterocycles. The third-order valence-corrected chi connectivity index (χ3v) is 2.71. The van der Waals surface area contributed by atoms with Crippen LogP contribution in [0.25, 0.3) is 0 Å². The predicted molar refractivity (Wildman–Crippen MR) is 51.5 cm³/mol. The summed E-state index contributed by atoms with van der Waals surface area (Å²) >= 11 is 0. The van der Waals surface area contributed by atoms with Gasteiger partial charge in [-0.2, -0.15) is 0 Å². The van der Waals surface area contributed by atoms with Crippen molar-refractivity contribution in [3.63, 3.8) is 0 Å². The quantitative estimate of drug-likeness (QED) is 0.622. The summed E-state index contributed by atoms with van der Waals surface area (Å²) in [7, 11) is 1.50. The molecular weight excluding hydrogens is 134 g/mol. The van der Waals surface area contributed by atoms with Gasteiger partial charge in [0, 0.05) is 0 Å². The third-order valence-electron chi connectivity index (χ3n) is 2.71. The molecule has 0 aliphatic heterocycles. The van der Waals surface area contributed by atoms with Crippen molar-refractivity contribution in [2.45, 2.75) is 46.0 Å². The lowest BCUT2D eigenvalue weighted by molar-refractivity contribution is 0.284. The molecule has 1 rings (SSSR count). The average Bonchev–Trinajstić information content (AvgIpc) is 2.10. The molecule has 0 aromatic heterocycles. The standard InChI is InChI=1S/C9H18.CH5N/c1-3-9-6-4-8(2)5-7-9;1-2/h8-9H,3-7H2,1-2H3;2H2,1H3.